The summed E-state index contributed by atoms with van der Waals surface area (Å²) >= 11 is 0. The predicted octanol–water partition coefficient (Wildman–Crippen LogP) is -0.910. The van der Waals surface area contributed by atoms with Crippen LogP contribution in [0.1, 0.15) is 18.0 Å². The standard InChI is InChI=1S/C15H23NO6/c1-16-11(8-2-4-9(18)5-3-8)6-10-13(19)14(20)12(7-17)22-15(10)21/h2-5,10-21H,6-7H2,1H3/t10-,11?,12-,13-,14-,15?/m1/s1. The van der Waals surface area contributed by atoms with Gasteiger partial charge in [-0.1, -0.05) is 12.1 Å². The molecular weight excluding hydrogens is 290 g/mol. The number of aromatic hydroxyl groups is 1. The van der Waals surface area contributed by atoms with E-state index in [9.17, 15) is 20.4 Å². The molecule has 1 saturated heterocycles. The molecule has 0 bridgehead atoms. The van der Waals surface area contributed by atoms with Crippen LogP contribution in [-0.4, -0.2) is 63.8 Å². The summed E-state index contributed by atoms with van der Waals surface area (Å²) in [5.41, 5.74) is 0.874. The van der Waals surface area contributed by atoms with E-state index in [1.807, 2.05) is 0 Å². The van der Waals surface area contributed by atoms with Gasteiger partial charge in [0.1, 0.15) is 18.0 Å². The van der Waals surface area contributed by atoms with Crippen molar-refractivity contribution in [1.29, 1.82) is 0 Å². The lowest BCUT2D eigenvalue weighted by Crippen LogP contribution is -2.56. The van der Waals surface area contributed by atoms with Crippen LogP contribution in [0.3, 0.4) is 0 Å². The van der Waals surface area contributed by atoms with Crippen LogP contribution < -0.4 is 5.32 Å². The normalized spacial score (nSPS) is 33.6. The van der Waals surface area contributed by atoms with Gasteiger partial charge in [0.05, 0.1) is 12.7 Å². The highest BCUT2D eigenvalue weighted by Gasteiger charge is 2.44. The number of phenols is 1. The molecule has 0 aromatic heterocycles. The van der Waals surface area contributed by atoms with Crippen molar-refractivity contribution in [2.45, 2.75) is 37.1 Å². The maximum absolute atomic E-state index is 10.2. The fourth-order valence-corrected chi connectivity index (χ4v) is 2.81. The van der Waals surface area contributed by atoms with E-state index in [-0.39, 0.29) is 11.8 Å². The number of ether oxygens (including phenoxy) is 1. The van der Waals surface area contributed by atoms with E-state index in [1.54, 1.807) is 31.3 Å². The number of aliphatic hydroxyl groups is 4. The van der Waals surface area contributed by atoms with Crippen LogP contribution in [0.25, 0.3) is 0 Å². The fourth-order valence-electron chi connectivity index (χ4n) is 2.81. The number of phenolic OH excluding ortho intramolecular Hbond substituents is 1. The van der Waals surface area contributed by atoms with Crippen molar-refractivity contribution in [3.63, 3.8) is 0 Å². The van der Waals surface area contributed by atoms with E-state index in [1.165, 1.54) is 0 Å². The van der Waals surface area contributed by atoms with E-state index in [2.05, 4.69) is 5.32 Å². The summed E-state index contributed by atoms with van der Waals surface area (Å²) in [5.74, 6) is -0.551. The van der Waals surface area contributed by atoms with Gasteiger partial charge in [-0.05, 0) is 31.2 Å². The number of benzene rings is 1. The van der Waals surface area contributed by atoms with Gasteiger partial charge in [0.25, 0.3) is 0 Å². The molecule has 1 aliphatic rings. The Kier molecular flexibility index (Phi) is 5.74. The zero-order valence-corrected chi connectivity index (χ0v) is 12.3. The first-order valence-corrected chi connectivity index (χ1v) is 7.24. The summed E-state index contributed by atoms with van der Waals surface area (Å²) in [6.45, 7) is -0.477. The van der Waals surface area contributed by atoms with Gasteiger partial charge in [-0.3, -0.25) is 0 Å². The summed E-state index contributed by atoms with van der Waals surface area (Å²) in [4.78, 5) is 0. The molecule has 1 aromatic carbocycles. The smallest absolute Gasteiger partial charge is 0.160 e. The van der Waals surface area contributed by atoms with Crippen LogP contribution in [0.15, 0.2) is 24.3 Å². The van der Waals surface area contributed by atoms with Crippen LogP contribution in [0, 0.1) is 5.92 Å². The summed E-state index contributed by atoms with van der Waals surface area (Å²) < 4.78 is 5.16. The van der Waals surface area contributed by atoms with Crippen molar-refractivity contribution in [2.24, 2.45) is 5.92 Å². The van der Waals surface area contributed by atoms with E-state index < -0.39 is 37.1 Å². The van der Waals surface area contributed by atoms with Crippen LogP contribution >= 0.6 is 0 Å². The predicted molar refractivity (Wildman–Crippen MR) is 78.0 cm³/mol. The zero-order chi connectivity index (χ0) is 16.3. The SMILES string of the molecule is CNC(C[C@H]1C(O)O[C@H](CO)[C@@H](O)[C@@H]1O)c1ccc(O)cc1. The lowest BCUT2D eigenvalue weighted by molar-refractivity contribution is -0.271. The lowest BCUT2D eigenvalue weighted by Gasteiger charge is -2.41. The Morgan fingerprint density at radius 1 is 1.14 bits per heavy atom. The van der Waals surface area contributed by atoms with E-state index in [4.69, 9.17) is 9.84 Å². The van der Waals surface area contributed by atoms with Crippen molar-refractivity contribution in [1.82, 2.24) is 5.32 Å². The van der Waals surface area contributed by atoms with Gasteiger partial charge < -0.3 is 35.6 Å². The molecular formula is C15H23NO6. The molecule has 0 spiro atoms. The van der Waals surface area contributed by atoms with Crippen molar-refractivity contribution < 1.29 is 30.3 Å². The van der Waals surface area contributed by atoms with Crippen LogP contribution in [0.2, 0.25) is 0 Å². The quantitative estimate of drug-likeness (QED) is 0.416. The van der Waals surface area contributed by atoms with Gasteiger partial charge in [0.2, 0.25) is 0 Å². The monoisotopic (exact) mass is 313 g/mol. The van der Waals surface area contributed by atoms with E-state index >= 15 is 0 Å². The highest BCUT2D eigenvalue weighted by Crippen LogP contribution is 2.32. The largest absolute Gasteiger partial charge is 0.508 e. The Hall–Kier alpha value is -1.22. The van der Waals surface area contributed by atoms with Crippen molar-refractivity contribution in [3.05, 3.63) is 29.8 Å². The summed E-state index contributed by atoms with van der Waals surface area (Å²) in [7, 11) is 1.74. The molecule has 124 valence electrons. The third-order valence-corrected chi connectivity index (χ3v) is 4.18. The second-order valence-corrected chi connectivity index (χ2v) is 5.56. The molecule has 1 aromatic rings. The van der Waals surface area contributed by atoms with E-state index in [0.717, 1.165) is 5.56 Å². The number of hydrogen-bond donors (Lipinski definition) is 6. The van der Waals surface area contributed by atoms with Crippen LogP contribution in [0.5, 0.6) is 5.75 Å². The third kappa shape index (κ3) is 3.57. The van der Waals surface area contributed by atoms with E-state index in [0.29, 0.717) is 6.42 Å². The lowest BCUT2D eigenvalue weighted by atomic mass is 9.84. The molecule has 2 rings (SSSR count). The molecule has 2 unspecified atom stereocenters. The Morgan fingerprint density at radius 3 is 2.32 bits per heavy atom. The van der Waals surface area contributed by atoms with Gasteiger partial charge in [-0.2, -0.15) is 0 Å². The van der Waals surface area contributed by atoms with Gasteiger partial charge >= 0.3 is 0 Å². The van der Waals surface area contributed by atoms with Crippen molar-refractivity contribution in [3.8, 4) is 5.75 Å². The number of hydrogen-bond acceptors (Lipinski definition) is 7. The molecule has 6 atom stereocenters. The molecule has 7 heteroatoms. The highest BCUT2D eigenvalue weighted by molar-refractivity contribution is 5.28. The minimum absolute atomic E-state index is 0.154. The fraction of sp³-hybridized carbons (Fsp3) is 0.600. The van der Waals surface area contributed by atoms with Crippen LogP contribution in [0.4, 0.5) is 0 Å². The Balaban J connectivity index is 2.11. The number of rotatable bonds is 5. The van der Waals surface area contributed by atoms with Crippen molar-refractivity contribution in [2.75, 3.05) is 13.7 Å². The maximum Gasteiger partial charge on any atom is 0.160 e. The molecule has 7 nitrogen and oxygen atoms in total. The molecule has 0 radical (unpaired) electrons. The topological polar surface area (TPSA) is 122 Å². The molecule has 0 saturated carbocycles. The Morgan fingerprint density at radius 2 is 1.77 bits per heavy atom. The molecule has 0 aliphatic carbocycles. The summed E-state index contributed by atoms with van der Waals surface area (Å²) in [6, 6.07) is 6.40. The second kappa shape index (κ2) is 7.36. The second-order valence-electron chi connectivity index (χ2n) is 5.56. The third-order valence-electron chi connectivity index (χ3n) is 4.18. The van der Waals surface area contributed by atoms with Gasteiger partial charge in [0, 0.05) is 12.0 Å². The summed E-state index contributed by atoms with van der Waals surface area (Å²) in [6.07, 6.45) is -4.41. The maximum atomic E-state index is 10.2. The average molecular weight is 313 g/mol. The highest BCUT2D eigenvalue weighted by atomic mass is 16.6. The Labute approximate surface area is 128 Å². The van der Waals surface area contributed by atoms with Gasteiger partial charge in [0.15, 0.2) is 6.29 Å². The number of nitrogens with one attached hydrogen (secondary N) is 1. The molecule has 1 fully saturated rings. The average Bonchev–Trinajstić information content (AvgIpc) is 2.52. The molecule has 22 heavy (non-hydrogen) atoms. The molecule has 0 amide bonds. The molecule has 1 heterocycles. The minimum Gasteiger partial charge on any atom is -0.508 e. The van der Waals surface area contributed by atoms with Crippen molar-refractivity contribution >= 4 is 0 Å². The van der Waals surface area contributed by atoms with Gasteiger partial charge in [-0.25, -0.2) is 0 Å². The minimum atomic E-state index is -1.27. The first kappa shape index (κ1) is 17.1. The van der Waals surface area contributed by atoms with Gasteiger partial charge in [-0.15, -0.1) is 0 Å². The summed E-state index contributed by atoms with van der Waals surface area (Å²) in [5, 5.41) is 51.6. The van der Waals surface area contributed by atoms with Crippen LogP contribution in [-0.2, 0) is 4.74 Å². The molecule has 6 N–H and O–H groups in total. The number of aliphatic hydroxyl groups excluding tert-OH is 4. The zero-order valence-electron chi connectivity index (χ0n) is 12.3. The first-order valence-electron chi connectivity index (χ1n) is 7.24. The molecule has 1 aliphatic heterocycles. The Bertz CT molecular complexity index is 468. The first-order chi connectivity index (χ1) is 10.5.